The predicted molar refractivity (Wildman–Crippen MR) is 74.7 cm³/mol. The summed E-state index contributed by atoms with van der Waals surface area (Å²) >= 11 is 0. The number of para-hydroxylation sites is 2. The highest BCUT2D eigenvalue weighted by molar-refractivity contribution is 7.94. The second-order valence-electron chi connectivity index (χ2n) is 4.94. The van der Waals surface area contributed by atoms with Crippen molar-refractivity contribution in [1.82, 2.24) is 0 Å². The van der Waals surface area contributed by atoms with Crippen molar-refractivity contribution in [3.05, 3.63) is 24.3 Å². The van der Waals surface area contributed by atoms with Crippen molar-refractivity contribution in [2.75, 3.05) is 28.9 Å². The van der Waals surface area contributed by atoms with Crippen LogP contribution in [0.5, 0.6) is 0 Å². The number of fused-ring (bicyclic) bond motifs is 1. The highest BCUT2D eigenvalue weighted by atomic mass is 32.2. The maximum atomic E-state index is 12.7. The molecule has 1 heterocycles. The van der Waals surface area contributed by atoms with Crippen LogP contribution in [-0.2, 0) is 14.9 Å². The molecule has 0 bridgehead atoms. The summed E-state index contributed by atoms with van der Waals surface area (Å²) in [6, 6.07) is 7.64. The summed E-state index contributed by atoms with van der Waals surface area (Å²) in [5, 5.41) is 0. The highest BCUT2D eigenvalue weighted by Gasteiger charge is 2.44. The molecule has 104 valence electrons. The molecule has 1 aliphatic heterocycles. The first-order chi connectivity index (χ1) is 9.16. The van der Waals surface area contributed by atoms with E-state index in [2.05, 4.69) is 0 Å². The van der Waals surface area contributed by atoms with E-state index in [4.69, 9.17) is 4.74 Å². The molecule has 0 spiro atoms. The zero-order chi connectivity index (χ0) is 13.5. The van der Waals surface area contributed by atoms with E-state index >= 15 is 0 Å². The lowest BCUT2D eigenvalue weighted by Crippen LogP contribution is -2.47. The van der Waals surface area contributed by atoms with Gasteiger partial charge in [0.15, 0.2) is 0 Å². The Bertz CT molecular complexity index is 569. The Hall–Kier alpha value is -1.27. The van der Waals surface area contributed by atoms with Gasteiger partial charge in [-0.05, 0) is 31.4 Å². The molecule has 0 unspecified atom stereocenters. The van der Waals surface area contributed by atoms with Crippen molar-refractivity contribution in [1.29, 1.82) is 0 Å². The van der Waals surface area contributed by atoms with Gasteiger partial charge in [0.25, 0.3) is 0 Å². The molecule has 0 amide bonds. The molecule has 1 fully saturated rings. The summed E-state index contributed by atoms with van der Waals surface area (Å²) in [6.45, 7) is 0.755. The van der Waals surface area contributed by atoms with Crippen molar-refractivity contribution >= 4 is 21.6 Å². The fourth-order valence-corrected chi connectivity index (χ4v) is 4.54. The first kappa shape index (κ1) is 12.7. The van der Waals surface area contributed by atoms with Crippen LogP contribution >= 0.6 is 0 Å². The molecule has 3 rings (SSSR count). The number of rotatable bonds is 4. The minimum absolute atomic E-state index is 0.124. The minimum Gasteiger partial charge on any atom is -0.383 e. The molecular formula is C13H18N2O3S. The maximum absolute atomic E-state index is 12.7. The molecule has 2 aliphatic rings. The number of anilines is 2. The van der Waals surface area contributed by atoms with Crippen molar-refractivity contribution < 1.29 is 13.2 Å². The van der Waals surface area contributed by atoms with Crippen LogP contribution < -0.4 is 8.61 Å². The van der Waals surface area contributed by atoms with Crippen LogP contribution in [0.1, 0.15) is 19.3 Å². The molecule has 1 aromatic carbocycles. The smallest absolute Gasteiger partial charge is 0.326 e. The van der Waals surface area contributed by atoms with Gasteiger partial charge in [0.2, 0.25) is 0 Å². The lowest BCUT2D eigenvalue weighted by atomic mass is 9.93. The van der Waals surface area contributed by atoms with Crippen molar-refractivity contribution in [3.63, 3.8) is 0 Å². The molecule has 19 heavy (non-hydrogen) atoms. The number of hydrogen-bond donors (Lipinski definition) is 0. The summed E-state index contributed by atoms with van der Waals surface area (Å²) in [5.41, 5.74) is 1.58. The van der Waals surface area contributed by atoms with E-state index in [1.165, 1.54) is 4.31 Å². The maximum Gasteiger partial charge on any atom is 0.326 e. The van der Waals surface area contributed by atoms with Crippen LogP contribution in [-0.4, -0.2) is 34.7 Å². The summed E-state index contributed by atoms with van der Waals surface area (Å²) < 4.78 is 33.5. The SMILES string of the molecule is COCCN1c2ccccc2N(C2CCC2)S1(=O)=O. The summed E-state index contributed by atoms with van der Waals surface area (Å²) in [5.74, 6) is 0. The Labute approximate surface area is 114 Å². The van der Waals surface area contributed by atoms with Gasteiger partial charge in [-0.15, -0.1) is 0 Å². The second kappa shape index (κ2) is 4.68. The third-order valence-corrected chi connectivity index (χ3v) is 5.75. The Morgan fingerprint density at radius 3 is 2.53 bits per heavy atom. The zero-order valence-corrected chi connectivity index (χ0v) is 11.8. The summed E-state index contributed by atoms with van der Waals surface area (Å²) in [6.07, 6.45) is 3.01. The van der Waals surface area contributed by atoms with Gasteiger partial charge < -0.3 is 4.74 Å². The molecule has 5 nitrogen and oxygen atoms in total. The number of benzene rings is 1. The second-order valence-corrected chi connectivity index (χ2v) is 6.67. The van der Waals surface area contributed by atoms with Crippen molar-refractivity contribution in [2.24, 2.45) is 0 Å². The molecule has 1 aliphatic carbocycles. The van der Waals surface area contributed by atoms with Gasteiger partial charge >= 0.3 is 10.2 Å². The Kier molecular flexibility index (Phi) is 3.14. The van der Waals surface area contributed by atoms with Crippen molar-refractivity contribution in [2.45, 2.75) is 25.3 Å². The lowest BCUT2D eigenvalue weighted by Gasteiger charge is -2.35. The third kappa shape index (κ3) is 1.90. The van der Waals surface area contributed by atoms with Gasteiger partial charge in [0.1, 0.15) is 0 Å². The van der Waals surface area contributed by atoms with Gasteiger partial charge in [-0.1, -0.05) is 12.1 Å². The van der Waals surface area contributed by atoms with E-state index in [1.54, 1.807) is 11.4 Å². The van der Waals surface area contributed by atoms with Gasteiger partial charge in [-0.3, -0.25) is 0 Å². The largest absolute Gasteiger partial charge is 0.383 e. The standard InChI is InChI=1S/C13H18N2O3S/c1-18-10-9-14-12-7-2-3-8-13(12)15(19(14,16)17)11-5-4-6-11/h2-3,7-8,11H,4-6,9-10H2,1H3. The minimum atomic E-state index is -3.43. The number of nitrogens with zero attached hydrogens (tertiary/aromatic N) is 2. The first-order valence-corrected chi connectivity index (χ1v) is 7.96. The van der Waals surface area contributed by atoms with Crippen LogP contribution in [0.4, 0.5) is 11.4 Å². The van der Waals surface area contributed by atoms with Crippen LogP contribution in [0.3, 0.4) is 0 Å². The Balaban J connectivity index is 2.02. The predicted octanol–water partition coefficient (Wildman–Crippen LogP) is 1.76. The van der Waals surface area contributed by atoms with Crippen LogP contribution in [0.15, 0.2) is 24.3 Å². The third-order valence-electron chi connectivity index (χ3n) is 3.82. The average Bonchev–Trinajstić information content (AvgIpc) is 2.54. The molecule has 0 N–H and O–H groups in total. The topological polar surface area (TPSA) is 49.9 Å². The Morgan fingerprint density at radius 1 is 1.26 bits per heavy atom. The highest BCUT2D eigenvalue weighted by Crippen LogP contribution is 2.45. The van der Waals surface area contributed by atoms with Gasteiger partial charge in [0, 0.05) is 13.2 Å². The van der Waals surface area contributed by atoms with Gasteiger partial charge in [0.05, 0.1) is 24.5 Å². The van der Waals surface area contributed by atoms with Crippen molar-refractivity contribution in [3.8, 4) is 0 Å². The molecule has 0 atom stereocenters. The van der Waals surface area contributed by atoms with Crippen LogP contribution in [0.2, 0.25) is 0 Å². The molecule has 0 radical (unpaired) electrons. The number of methoxy groups -OCH3 is 1. The van der Waals surface area contributed by atoms with E-state index in [-0.39, 0.29) is 6.04 Å². The quantitative estimate of drug-likeness (QED) is 0.845. The van der Waals surface area contributed by atoms with Gasteiger partial charge in [-0.2, -0.15) is 8.42 Å². The Morgan fingerprint density at radius 2 is 1.95 bits per heavy atom. The van der Waals surface area contributed by atoms with Crippen LogP contribution in [0.25, 0.3) is 0 Å². The first-order valence-electron chi connectivity index (χ1n) is 6.56. The molecule has 6 heteroatoms. The molecule has 0 aromatic heterocycles. The zero-order valence-electron chi connectivity index (χ0n) is 10.9. The van der Waals surface area contributed by atoms with Gasteiger partial charge in [-0.25, -0.2) is 8.61 Å². The molecule has 1 saturated carbocycles. The van der Waals surface area contributed by atoms with E-state index in [0.717, 1.165) is 30.6 Å². The monoisotopic (exact) mass is 282 g/mol. The fourth-order valence-electron chi connectivity index (χ4n) is 2.63. The fraction of sp³-hybridized carbons (Fsp3) is 0.538. The molecule has 0 saturated heterocycles. The lowest BCUT2D eigenvalue weighted by molar-refractivity contribution is 0.208. The van der Waals surface area contributed by atoms with Crippen LogP contribution in [0, 0.1) is 0 Å². The van der Waals surface area contributed by atoms with E-state index in [0.29, 0.717) is 13.2 Å². The normalized spacial score (nSPS) is 21.3. The molecular weight excluding hydrogens is 264 g/mol. The summed E-state index contributed by atoms with van der Waals surface area (Å²) in [7, 11) is -1.85. The number of ether oxygens (including phenoxy) is 1. The van der Waals surface area contributed by atoms with E-state index in [9.17, 15) is 8.42 Å². The molecule has 1 aromatic rings. The summed E-state index contributed by atoms with van der Waals surface area (Å²) in [4.78, 5) is 0. The van der Waals surface area contributed by atoms with E-state index in [1.807, 2.05) is 24.3 Å². The van der Waals surface area contributed by atoms with E-state index < -0.39 is 10.2 Å². The average molecular weight is 282 g/mol. The number of hydrogen-bond acceptors (Lipinski definition) is 3.